The summed E-state index contributed by atoms with van der Waals surface area (Å²) in [4.78, 5) is 8.17. The summed E-state index contributed by atoms with van der Waals surface area (Å²) in [6, 6.07) is 25.0. The average Bonchev–Trinajstić information content (AvgIpc) is 2.99. The molecule has 0 amide bonds. The van der Waals surface area contributed by atoms with Gasteiger partial charge in [0.2, 0.25) is 0 Å². The Morgan fingerprint density at radius 2 is 1.32 bits per heavy atom. The molecule has 4 aromatic rings. The molecule has 22 heavy (non-hydrogen) atoms. The Balaban J connectivity index is 1.95. The van der Waals surface area contributed by atoms with E-state index < -0.39 is 0 Å². The van der Waals surface area contributed by atoms with Gasteiger partial charge in [-0.05, 0) is 35.7 Å². The van der Waals surface area contributed by atoms with Crippen LogP contribution in [-0.4, -0.2) is 9.97 Å². The summed E-state index contributed by atoms with van der Waals surface area (Å²) in [5.74, 6) is 0.917. The van der Waals surface area contributed by atoms with E-state index >= 15 is 0 Å². The Labute approximate surface area is 129 Å². The number of hydrogen-bond donors (Lipinski definition) is 1. The monoisotopic (exact) mass is 284 g/mol. The molecule has 0 saturated carbocycles. The second kappa shape index (κ2) is 5.15. The highest BCUT2D eigenvalue weighted by molar-refractivity contribution is 5.86. The number of hydrogen-bond acceptors (Lipinski definition) is 1. The molecule has 2 heteroatoms. The van der Waals surface area contributed by atoms with E-state index in [-0.39, 0.29) is 0 Å². The predicted molar refractivity (Wildman–Crippen MR) is 91.7 cm³/mol. The molecule has 0 unspecified atom stereocenters. The summed E-state index contributed by atoms with van der Waals surface area (Å²) in [5, 5.41) is 0. The van der Waals surface area contributed by atoms with Gasteiger partial charge in [-0.25, -0.2) is 4.98 Å². The highest BCUT2D eigenvalue weighted by Gasteiger charge is 2.11. The maximum atomic E-state index is 4.74. The molecule has 1 N–H and O–H groups in total. The van der Waals surface area contributed by atoms with E-state index in [1.165, 1.54) is 16.7 Å². The summed E-state index contributed by atoms with van der Waals surface area (Å²) < 4.78 is 0. The first-order valence-electron chi connectivity index (χ1n) is 7.43. The van der Waals surface area contributed by atoms with E-state index in [9.17, 15) is 0 Å². The van der Waals surface area contributed by atoms with E-state index in [1.807, 2.05) is 18.2 Å². The quantitative estimate of drug-likeness (QED) is 0.538. The fraction of sp³-hybridized carbons (Fsp3) is 0.0500. The Hall–Kier alpha value is -2.87. The van der Waals surface area contributed by atoms with Gasteiger partial charge in [0.15, 0.2) is 0 Å². The van der Waals surface area contributed by atoms with Crippen molar-refractivity contribution in [2.24, 2.45) is 0 Å². The minimum atomic E-state index is 0.917. The van der Waals surface area contributed by atoms with Gasteiger partial charge in [0.05, 0.1) is 11.0 Å². The van der Waals surface area contributed by atoms with Gasteiger partial charge >= 0.3 is 0 Å². The van der Waals surface area contributed by atoms with E-state index in [0.717, 1.165) is 22.4 Å². The molecule has 0 spiro atoms. The molecule has 0 atom stereocenters. The summed E-state index contributed by atoms with van der Waals surface area (Å²) in [6.45, 7) is 2.14. The van der Waals surface area contributed by atoms with Crippen LogP contribution in [0, 0.1) is 6.92 Å². The Kier molecular flexibility index (Phi) is 3.01. The van der Waals surface area contributed by atoms with Crippen LogP contribution in [0.15, 0.2) is 72.8 Å². The molecule has 3 aromatic carbocycles. The first-order valence-corrected chi connectivity index (χ1v) is 7.43. The second-order valence-electron chi connectivity index (χ2n) is 5.46. The highest BCUT2D eigenvalue weighted by Crippen LogP contribution is 2.33. The van der Waals surface area contributed by atoms with Crippen LogP contribution < -0.4 is 0 Å². The lowest BCUT2D eigenvalue weighted by Gasteiger charge is -2.10. The van der Waals surface area contributed by atoms with Gasteiger partial charge < -0.3 is 4.98 Å². The van der Waals surface area contributed by atoms with Gasteiger partial charge in [0, 0.05) is 5.56 Å². The number of H-pyrrole nitrogens is 1. The van der Waals surface area contributed by atoms with E-state index in [2.05, 4.69) is 66.5 Å². The van der Waals surface area contributed by atoms with Crippen LogP contribution in [0.1, 0.15) is 5.56 Å². The van der Waals surface area contributed by atoms with E-state index in [1.54, 1.807) is 0 Å². The van der Waals surface area contributed by atoms with Gasteiger partial charge in [-0.2, -0.15) is 0 Å². The molecule has 1 aromatic heterocycles. The maximum absolute atomic E-state index is 4.74. The average molecular weight is 284 g/mol. The lowest BCUT2D eigenvalue weighted by atomic mass is 9.96. The standard InChI is InChI=1S/C20H16N2/c1-14-8-2-3-9-15(14)16-10-4-5-11-17(16)20-21-18-12-6-7-13-19(18)22-20/h2-13H,1H3,(H,21,22). The molecule has 0 radical (unpaired) electrons. The SMILES string of the molecule is Cc1ccccc1-c1ccccc1-c1nc2ccccc2[nH]1. The largest absolute Gasteiger partial charge is 0.338 e. The smallest absolute Gasteiger partial charge is 0.139 e. The number of aromatic amines is 1. The summed E-state index contributed by atoms with van der Waals surface area (Å²) in [7, 11) is 0. The molecule has 0 fully saturated rings. The Bertz CT molecular complexity index is 918. The van der Waals surface area contributed by atoms with Crippen molar-refractivity contribution in [1.29, 1.82) is 0 Å². The number of benzene rings is 3. The minimum Gasteiger partial charge on any atom is -0.338 e. The maximum Gasteiger partial charge on any atom is 0.139 e. The predicted octanol–water partition coefficient (Wildman–Crippen LogP) is 5.21. The fourth-order valence-electron chi connectivity index (χ4n) is 2.88. The van der Waals surface area contributed by atoms with Crippen molar-refractivity contribution in [3.63, 3.8) is 0 Å². The molecule has 0 saturated heterocycles. The lowest BCUT2D eigenvalue weighted by molar-refractivity contribution is 1.33. The van der Waals surface area contributed by atoms with Crippen molar-refractivity contribution in [2.45, 2.75) is 6.92 Å². The van der Waals surface area contributed by atoms with Gasteiger partial charge in [0.25, 0.3) is 0 Å². The van der Waals surface area contributed by atoms with Crippen LogP contribution in [0.3, 0.4) is 0 Å². The summed E-state index contributed by atoms with van der Waals surface area (Å²) in [5.41, 5.74) is 6.92. The fourth-order valence-corrected chi connectivity index (χ4v) is 2.88. The molecule has 1 heterocycles. The summed E-state index contributed by atoms with van der Waals surface area (Å²) in [6.07, 6.45) is 0. The molecule has 0 aliphatic carbocycles. The lowest BCUT2D eigenvalue weighted by Crippen LogP contribution is -1.88. The number of rotatable bonds is 2. The van der Waals surface area contributed by atoms with Gasteiger partial charge in [-0.3, -0.25) is 0 Å². The van der Waals surface area contributed by atoms with Crippen molar-refractivity contribution in [1.82, 2.24) is 9.97 Å². The zero-order valence-electron chi connectivity index (χ0n) is 12.4. The first kappa shape index (κ1) is 12.8. The van der Waals surface area contributed by atoms with Crippen LogP contribution >= 0.6 is 0 Å². The molecule has 2 nitrogen and oxygen atoms in total. The summed E-state index contributed by atoms with van der Waals surface area (Å²) >= 11 is 0. The number of fused-ring (bicyclic) bond motifs is 1. The Morgan fingerprint density at radius 1 is 0.682 bits per heavy atom. The van der Waals surface area contributed by atoms with Crippen LogP contribution in [0.2, 0.25) is 0 Å². The molecule has 0 aliphatic heterocycles. The van der Waals surface area contributed by atoms with Crippen LogP contribution in [0.5, 0.6) is 0 Å². The third-order valence-corrected chi connectivity index (χ3v) is 4.01. The number of nitrogens with zero attached hydrogens (tertiary/aromatic N) is 1. The normalized spacial score (nSPS) is 11.0. The van der Waals surface area contributed by atoms with Crippen molar-refractivity contribution < 1.29 is 0 Å². The highest BCUT2D eigenvalue weighted by atomic mass is 14.9. The van der Waals surface area contributed by atoms with E-state index in [4.69, 9.17) is 4.98 Å². The van der Waals surface area contributed by atoms with E-state index in [0.29, 0.717) is 0 Å². The number of nitrogens with one attached hydrogen (secondary N) is 1. The number of para-hydroxylation sites is 2. The molecular weight excluding hydrogens is 268 g/mol. The number of imidazole rings is 1. The van der Waals surface area contributed by atoms with Crippen LogP contribution in [0.4, 0.5) is 0 Å². The van der Waals surface area contributed by atoms with Crippen LogP contribution in [0.25, 0.3) is 33.5 Å². The van der Waals surface area contributed by atoms with Gasteiger partial charge in [-0.1, -0.05) is 60.7 Å². The van der Waals surface area contributed by atoms with Crippen molar-refractivity contribution in [2.75, 3.05) is 0 Å². The molecule has 106 valence electrons. The first-order chi connectivity index (χ1) is 10.8. The molecule has 0 aliphatic rings. The topological polar surface area (TPSA) is 28.7 Å². The zero-order chi connectivity index (χ0) is 14.9. The molecule has 4 rings (SSSR count). The van der Waals surface area contributed by atoms with Crippen LogP contribution in [-0.2, 0) is 0 Å². The third kappa shape index (κ3) is 2.09. The molecule has 0 bridgehead atoms. The van der Waals surface area contributed by atoms with Gasteiger partial charge in [0.1, 0.15) is 5.82 Å². The Morgan fingerprint density at radius 3 is 2.09 bits per heavy atom. The van der Waals surface area contributed by atoms with Crippen molar-refractivity contribution in [3.05, 3.63) is 78.4 Å². The number of aryl methyl sites for hydroxylation is 1. The zero-order valence-corrected chi connectivity index (χ0v) is 12.4. The van der Waals surface area contributed by atoms with Crippen molar-refractivity contribution in [3.8, 4) is 22.5 Å². The molecular formula is C20H16N2. The number of aromatic nitrogens is 2. The second-order valence-corrected chi connectivity index (χ2v) is 5.46. The third-order valence-electron chi connectivity index (χ3n) is 4.01. The van der Waals surface area contributed by atoms with Gasteiger partial charge in [-0.15, -0.1) is 0 Å². The van der Waals surface area contributed by atoms with Crippen molar-refractivity contribution >= 4 is 11.0 Å². The minimum absolute atomic E-state index is 0.917.